The van der Waals surface area contributed by atoms with Gasteiger partial charge in [0, 0.05) is 5.40 Å². The van der Waals surface area contributed by atoms with Crippen molar-refractivity contribution in [2.45, 2.75) is 17.4 Å². The highest BCUT2D eigenvalue weighted by Crippen LogP contribution is 2.16. The minimum Gasteiger partial charge on any atom is -0.465 e. The Labute approximate surface area is 117 Å². The van der Waals surface area contributed by atoms with E-state index < -0.39 is 16.8 Å². The SMILES string of the molecule is [B]C([B])(O)C([B])([B])OCc1ccc(C(=O)OC)cc1. The van der Waals surface area contributed by atoms with Gasteiger partial charge in [0.15, 0.2) is 0 Å². The van der Waals surface area contributed by atoms with Gasteiger partial charge in [-0.2, -0.15) is 0 Å². The van der Waals surface area contributed by atoms with E-state index in [1.807, 2.05) is 0 Å². The van der Waals surface area contributed by atoms with E-state index in [0.717, 1.165) is 0 Å². The summed E-state index contributed by atoms with van der Waals surface area (Å²) in [6.07, 6.45) is 0. The highest BCUT2D eigenvalue weighted by molar-refractivity contribution is 6.53. The maximum Gasteiger partial charge on any atom is 0.337 e. The first kappa shape index (κ1) is 15.9. The second-order valence-corrected chi connectivity index (χ2v) is 4.10. The van der Waals surface area contributed by atoms with Crippen LogP contribution in [0.5, 0.6) is 0 Å². The smallest absolute Gasteiger partial charge is 0.337 e. The van der Waals surface area contributed by atoms with Crippen LogP contribution in [-0.4, -0.2) is 60.4 Å². The lowest BCUT2D eigenvalue weighted by Gasteiger charge is -2.39. The number of carbonyl (C=O) groups excluding carboxylic acids is 1. The second-order valence-electron chi connectivity index (χ2n) is 4.10. The molecule has 1 aromatic carbocycles. The molecule has 1 aromatic rings. The van der Waals surface area contributed by atoms with Gasteiger partial charge in [-0.05, 0) is 23.1 Å². The first-order valence-electron chi connectivity index (χ1n) is 5.36. The lowest BCUT2D eigenvalue weighted by Crippen LogP contribution is -2.58. The zero-order valence-electron chi connectivity index (χ0n) is 10.5. The molecule has 4 nitrogen and oxygen atoms in total. The van der Waals surface area contributed by atoms with Gasteiger partial charge < -0.3 is 14.6 Å². The molecule has 0 bridgehead atoms. The average Bonchev–Trinajstić information content (AvgIpc) is 2.35. The van der Waals surface area contributed by atoms with Crippen LogP contribution in [0.1, 0.15) is 15.9 Å². The largest absolute Gasteiger partial charge is 0.465 e. The quantitative estimate of drug-likeness (QED) is 0.535. The van der Waals surface area contributed by atoms with Crippen molar-refractivity contribution in [3.8, 4) is 0 Å². The van der Waals surface area contributed by atoms with Crippen LogP contribution in [0, 0.1) is 0 Å². The Kier molecular flexibility index (Phi) is 4.93. The molecule has 8 heteroatoms. The predicted octanol–water partition coefficient (Wildman–Crippen LogP) is -1.04. The Morgan fingerprint density at radius 3 is 2.16 bits per heavy atom. The molecule has 1 rings (SSSR count). The molecule has 0 heterocycles. The average molecular weight is 249 g/mol. The van der Waals surface area contributed by atoms with Crippen LogP contribution in [0.3, 0.4) is 0 Å². The van der Waals surface area contributed by atoms with Crippen LogP contribution in [0.2, 0.25) is 0 Å². The van der Waals surface area contributed by atoms with E-state index in [4.69, 9.17) is 36.1 Å². The summed E-state index contributed by atoms with van der Waals surface area (Å²) in [6, 6.07) is 6.34. The molecule has 0 atom stereocenters. The highest BCUT2D eigenvalue weighted by Gasteiger charge is 2.33. The van der Waals surface area contributed by atoms with Gasteiger partial charge in [-0.3, -0.25) is 0 Å². The summed E-state index contributed by atoms with van der Waals surface area (Å²) in [5, 5.41) is 4.81. The fraction of sp³-hybridized carbons (Fsp3) is 0.364. The molecule has 0 aliphatic heterocycles. The fourth-order valence-electron chi connectivity index (χ4n) is 1.17. The van der Waals surface area contributed by atoms with Gasteiger partial charge in [0.2, 0.25) is 0 Å². The van der Waals surface area contributed by atoms with Crippen LogP contribution in [-0.2, 0) is 16.1 Å². The van der Waals surface area contributed by atoms with Crippen LogP contribution in [0.4, 0.5) is 0 Å². The Balaban J connectivity index is 2.67. The molecule has 0 fully saturated rings. The number of hydrogen-bond acceptors (Lipinski definition) is 4. The van der Waals surface area contributed by atoms with Crippen molar-refractivity contribution in [3.05, 3.63) is 35.4 Å². The molecule has 0 saturated heterocycles. The Morgan fingerprint density at radius 1 is 1.21 bits per heavy atom. The van der Waals surface area contributed by atoms with Crippen LogP contribution < -0.4 is 0 Å². The van der Waals surface area contributed by atoms with Crippen molar-refractivity contribution in [1.29, 1.82) is 0 Å². The van der Waals surface area contributed by atoms with E-state index in [1.165, 1.54) is 7.11 Å². The third-order valence-corrected chi connectivity index (χ3v) is 2.48. The molecule has 8 radical (unpaired) electrons. The molecule has 0 aliphatic rings. The molecule has 0 aliphatic carbocycles. The van der Waals surface area contributed by atoms with Crippen molar-refractivity contribution >= 4 is 37.4 Å². The van der Waals surface area contributed by atoms with E-state index in [1.54, 1.807) is 24.3 Å². The summed E-state index contributed by atoms with van der Waals surface area (Å²) in [7, 11) is 22.4. The first-order valence-corrected chi connectivity index (χ1v) is 5.36. The summed E-state index contributed by atoms with van der Waals surface area (Å²) in [5.74, 6) is -0.447. The summed E-state index contributed by atoms with van der Waals surface area (Å²) in [6.45, 7) is -0.0365. The molecular formula is C11H10B4O4. The van der Waals surface area contributed by atoms with Gasteiger partial charge >= 0.3 is 5.97 Å². The van der Waals surface area contributed by atoms with E-state index >= 15 is 0 Å². The number of aliphatic hydroxyl groups is 1. The number of hydrogen-bond donors (Lipinski definition) is 1. The summed E-state index contributed by atoms with van der Waals surface area (Å²) >= 11 is 0. The topological polar surface area (TPSA) is 55.8 Å². The number of rotatable bonds is 5. The van der Waals surface area contributed by atoms with Crippen molar-refractivity contribution in [2.75, 3.05) is 7.11 Å². The second kappa shape index (κ2) is 5.88. The Morgan fingerprint density at radius 2 is 1.74 bits per heavy atom. The number of methoxy groups -OCH3 is 1. The van der Waals surface area contributed by atoms with Gasteiger partial charge in [0.05, 0.1) is 19.3 Å². The molecule has 1 N–H and O–H groups in total. The lowest BCUT2D eigenvalue weighted by atomic mass is 9.42. The lowest BCUT2D eigenvalue weighted by molar-refractivity contribution is -0.0122. The van der Waals surface area contributed by atoms with E-state index in [-0.39, 0.29) is 6.61 Å². The molecular weight excluding hydrogens is 239 g/mol. The Bertz CT molecular complexity index is 439. The van der Waals surface area contributed by atoms with Gasteiger partial charge in [-0.15, -0.1) is 0 Å². The monoisotopic (exact) mass is 250 g/mol. The molecule has 0 aromatic heterocycles. The number of benzene rings is 1. The maximum atomic E-state index is 11.2. The van der Waals surface area contributed by atoms with Crippen LogP contribution in [0.15, 0.2) is 24.3 Å². The normalized spacial score (nSPS) is 12.1. The number of ether oxygens (including phenoxy) is 2. The molecule has 0 unspecified atom stereocenters. The Hall–Kier alpha value is -1.13. The fourth-order valence-corrected chi connectivity index (χ4v) is 1.17. The zero-order chi connectivity index (χ0) is 14.7. The van der Waals surface area contributed by atoms with E-state index in [0.29, 0.717) is 11.1 Å². The van der Waals surface area contributed by atoms with Gasteiger partial charge in [0.1, 0.15) is 31.4 Å². The molecule has 0 saturated carbocycles. The number of esters is 1. The van der Waals surface area contributed by atoms with Crippen LogP contribution in [0.25, 0.3) is 0 Å². The predicted molar refractivity (Wildman–Crippen MR) is 73.3 cm³/mol. The summed E-state index contributed by atoms with van der Waals surface area (Å²) in [4.78, 5) is 11.2. The van der Waals surface area contributed by atoms with Crippen molar-refractivity contribution in [2.24, 2.45) is 0 Å². The van der Waals surface area contributed by atoms with Gasteiger partial charge in [-0.1, -0.05) is 12.1 Å². The molecule has 0 spiro atoms. The minimum absolute atomic E-state index is 0.0365. The van der Waals surface area contributed by atoms with Crippen molar-refractivity contribution < 1.29 is 19.4 Å². The molecule has 19 heavy (non-hydrogen) atoms. The third-order valence-electron chi connectivity index (χ3n) is 2.48. The molecule has 90 valence electrons. The van der Waals surface area contributed by atoms with Gasteiger partial charge in [-0.25, -0.2) is 4.79 Å². The van der Waals surface area contributed by atoms with Crippen molar-refractivity contribution in [1.82, 2.24) is 0 Å². The standard InChI is InChI=1S/C11H10B4O4/c1-18-9(16)8-4-2-7(3-5-8)6-19-11(14,15)10(12,13)17/h2-5,17H,6H2,1H3. The summed E-state index contributed by atoms with van der Waals surface area (Å²) < 4.78 is 9.60. The van der Waals surface area contributed by atoms with E-state index in [2.05, 4.69) is 4.74 Å². The molecule has 0 amide bonds. The third kappa shape index (κ3) is 4.18. The van der Waals surface area contributed by atoms with Crippen molar-refractivity contribution in [3.63, 3.8) is 0 Å². The minimum atomic E-state index is -2.38. The van der Waals surface area contributed by atoms with E-state index in [9.17, 15) is 9.90 Å². The summed E-state index contributed by atoms with van der Waals surface area (Å²) in [5.41, 5.74) is 1.06. The number of carbonyl (C=O) groups is 1. The van der Waals surface area contributed by atoms with Gasteiger partial charge in [0.25, 0.3) is 0 Å². The highest BCUT2D eigenvalue weighted by atomic mass is 16.5. The van der Waals surface area contributed by atoms with Crippen LogP contribution >= 0.6 is 0 Å². The first-order chi connectivity index (χ1) is 8.67. The maximum absolute atomic E-state index is 11.2. The zero-order valence-corrected chi connectivity index (χ0v) is 10.5.